The molecule has 0 saturated heterocycles. The summed E-state index contributed by atoms with van der Waals surface area (Å²) in [4.78, 5) is 11.2. The van der Waals surface area contributed by atoms with Crippen molar-refractivity contribution in [1.82, 2.24) is 0 Å². The minimum atomic E-state index is -1.89. The lowest BCUT2D eigenvalue weighted by molar-refractivity contribution is -0.137. The van der Waals surface area contributed by atoms with Gasteiger partial charge in [0, 0.05) is 12.7 Å². The summed E-state index contributed by atoms with van der Waals surface area (Å²) in [5.41, 5.74) is 1.09. The van der Waals surface area contributed by atoms with E-state index in [9.17, 15) is 9.90 Å². The van der Waals surface area contributed by atoms with Gasteiger partial charge < -0.3 is 14.3 Å². The Hall–Kier alpha value is -1.17. The monoisotopic (exact) mass is 382 g/mol. The van der Waals surface area contributed by atoms with Gasteiger partial charge in [-0.1, -0.05) is 57.6 Å². The average Bonchev–Trinajstić information content (AvgIpc) is 2.50. The van der Waals surface area contributed by atoms with Crippen LogP contribution in [0, 0.1) is 5.92 Å². The highest BCUT2D eigenvalue weighted by atomic mass is 28.4. The Morgan fingerprint density at radius 2 is 1.77 bits per heavy atom. The minimum Gasteiger partial charge on any atom is -0.463 e. The maximum Gasteiger partial charge on any atom is 0.330 e. The van der Waals surface area contributed by atoms with Gasteiger partial charge in [0.1, 0.15) is 0 Å². The van der Waals surface area contributed by atoms with Gasteiger partial charge in [0.15, 0.2) is 8.32 Å². The highest BCUT2D eigenvalue weighted by Crippen LogP contribution is 2.38. The predicted octanol–water partition coefficient (Wildman–Crippen LogP) is 5.02. The molecule has 150 valence electrons. The molecule has 0 saturated carbocycles. The smallest absolute Gasteiger partial charge is 0.330 e. The zero-order valence-electron chi connectivity index (χ0n) is 17.8. The van der Waals surface area contributed by atoms with E-state index in [-0.39, 0.29) is 29.6 Å². The lowest BCUT2D eigenvalue weighted by Gasteiger charge is -2.40. The van der Waals surface area contributed by atoms with Crippen LogP contribution in [0.5, 0.6) is 0 Å². The third-order valence-electron chi connectivity index (χ3n) is 4.77. The Balaban J connectivity index is 4.99. The van der Waals surface area contributed by atoms with Crippen molar-refractivity contribution in [1.29, 1.82) is 0 Å². The molecule has 26 heavy (non-hydrogen) atoms. The quantitative estimate of drug-likeness (QED) is 0.249. The number of carbonyl (C=O) groups is 1. The van der Waals surface area contributed by atoms with Gasteiger partial charge in [0.05, 0.1) is 12.7 Å². The molecule has 0 bridgehead atoms. The van der Waals surface area contributed by atoms with Crippen molar-refractivity contribution in [3.63, 3.8) is 0 Å². The van der Waals surface area contributed by atoms with Crippen molar-refractivity contribution in [3.8, 4) is 0 Å². The topological polar surface area (TPSA) is 55.8 Å². The third-order valence-corrected chi connectivity index (χ3v) is 9.27. The summed E-state index contributed by atoms with van der Waals surface area (Å²) in [5.74, 6) is -0.145. The molecule has 0 aliphatic carbocycles. The van der Waals surface area contributed by atoms with Crippen molar-refractivity contribution in [2.24, 2.45) is 5.92 Å². The number of ether oxygens (including phenoxy) is 1. The Morgan fingerprint density at radius 1 is 1.19 bits per heavy atom. The fourth-order valence-electron chi connectivity index (χ4n) is 2.22. The molecule has 4 nitrogen and oxygen atoms in total. The Morgan fingerprint density at radius 3 is 2.27 bits per heavy atom. The molecule has 0 aliphatic rings. The molecule has 0 rings (SSSR count). The van der Waals surface area contributed by atoms with Crippen molar-refractivity contribution in [3.05, 3.63) is 36.0 Å². The van der Waals surface area contributed by atoms with E-state index in [0.717, 1.165) is 5.57 Å². The van der Waals surface area contributed by atoms with Crippen LogP contribution in [0.2, 0.25) is 18.1 Å². The first kappa shape index (κ1) is 24.8. The SMILES string of the molecule is CCOC(=O)/C=C/C=C/C(C)=C/[C@H](C)[C@H](CCO)O[Si](C)(C)C(C)(C)C. The van der Waals surface area contributed by atoms with Crippen LogP contribution in [0.4, 0.5) is 0 Å². The first-order valence-corrected chi connectivity index (χ1v) is 12.3. The number of hydrogen-bond acceptors (Lipinski definition) is 4. The standard InChI is InChI=1S/C21H38O4Si/c1-9-24-20(23)13-11-10-12-17(2)16-18(3)19(14-15-22)25-26(7,8)21(4,5)6/h10-13,16,18-19,22H,9,14-15H2,1-8H3/b12-10+,13-11+,17-16+/t18-,19-/m0/s1. The van der Waals surface area contributed by atoms with Gasteiger partial charge in [-0.3, -0.25) is 0 Å². The molecule has 0 spiro atoms. The van der Waals surface area contributed by atoms with Crippen molar-refractivity contribution < 1.29 is 19.1 Å². The molecule has 1 N–H and O–H groups in total. The molecule has 0 aromatic heterocycles. The van der Waals surface area contributed by atoms with Crippen LogP contribution in [-0.2, 0) is 14.0 Å². The van der Waals surface area contributed by atoms with Crippen LogP contribution in [-0.4, -0.2) is 38.7 Å². The molecule has 0 radical (unpaired) electrons. The van der Waals surface area contributed by atoms with E-state index in [1.54, 1.807) is 13.0 Å². The number of hydrogen-bond donors (Lipinski definition) is 1. The summed E-state index contributed by atoms with van der Waals surface area (Å²) in [6.45, 7) is 17.6. The van der Waals surface area contributed by atoms with E-state index in [1.807, 2.05) is 19.1 Å². The van der Waals surface area contributed by atoms with Crippen LogP contribution >= 0.6 is 0 Å². The van der Waals surface area contributed by atoms with E-state index < -0.39 is 8.32 Å². The number of esters is 1. The molecule has 2 atom stereocenters. The van der Waals surface area contributed by atoms with Crippen LogP contribution in [0.15, 0.2) is 36.0 Å². The second-order valence-electron chi connectivity index (χ2n) is 8.17. The van der Waals surface area contributed by atoms with Crippen LogP contribution in [0.3, 0.4) is 0 Å². The summed E-state index contributed by atoms with van der Waals surface area (Å²) < 4.78 is 11.4. The lowest BCUT2D eigenvalue weighted by Crippen LogP contribution is -2.45. The fraction of sp³-hybridized carbons (Fsp3) is 0.667. The van der Waals surface area contributed by atoms with E-state index in [1.165, 1.54) is 6.08 Å². The Bertz CT molecular complexity index is 513. The third kappa shape index (κ3) is 9.50. The molecule has 0 aromatic carbocycles. The normalized spacial score (nSPS) is 16.3. The van der Waals surface area contributed by atoms with E-state index >= 15 is 0 Å². The van der Waals surface area contributed by atoms with Gasteiger partial charge >= 0.3 is 5.97 Å². The number of aliphatic hydroxyl groups is 1. The van der Waals surface area contributed by atoms with Gasteiger partial charge in [-0.25, -0.2) is 4.79 Å². The van der Waals surface area contributed by atoms with Crippen LogP contribution in [0.25, 0.3) is 0 Å². The summed E-state index contributed by atoms with van der Waals surface area (Å²) in [7, 11) is -1.89. The number of carbonyl (C=O) groups excluding carboxylic acids is 1. The largest absolute Gasteiger partial charge is 0.463 e. The summed E-state index contributed by atoms with van der Waals surface area (Å²) in [5, 5.41) is 9.57. The first-order chi connectivity index (χ1) is 11.9. The molecule has 0 heterocycles. The maximum absolute atomic E-state index is 11.2. The van der Waals surface area contributed by atoms with Crippen molar-refractivity contribution >= 4 is 14.3 Å². The van der Waals surface area contributed by atoms with Crippen molar-refractivity contribution in [2.45, 2.75) is 72.2 Å². The van der Waals surface area contributed by atoms with Gasteiger partial charge in [-0.2, -0.15) is 0 Å². The molecule has 0 fully saturated rings. The summed E-state index contributed by atoms with van der Waals surface area (Å²) in [6.07, 6.45) is 9.65. The first-order valence-electron chi connectivity index (χ1n) is 9.43. The molecular weight excluding hydrogens is 344 g/mol. The summed E-state index contributed by atoms with van der Waals surface area (Å²) in [6, 6.07) is 0. The number of rotatable bonds is 10. The molecule has 0 aromatic rings. The second kappa shape index (κ2) is 11.5. The minimum absolute atomic E-state index is 0.000634. The second-order valence-corrected chi connectivity index (χ2v) is 12.9. The van der Waals surface area contributed by atoms with Crippen molar-refractivity contribution in [2.75, 3.05) is 13.2 Å². The zero-order chi connectivity index (χ0) is 20.4. The molecule has 0 unspecified atom stereocenters. The highest BCUT2D eigenvalue weighted by molar-refractivity contribution is 6.74. The van der Waals surface area contributed by atoms with Crippen LogP contribution in [0.1, 0.15) is 48.0 Å². The van der Waals surface area contributed by atoms with Gasteiger partial charge in [0.2, 0.25) is 0 Å². The highest BCUT2D eigenvalue weighted by Gasteiger charge is 2.39. The number of allylic oxidation sites excluding steroid dienone is 4. The molecule has 0 aliphatic heterocycles. The van der Waals surface area contributed by atoms with Gasteiger partial charge in [-0.15, -0.1) is 0 Å². The van der Waals surface area contributed by atoms with Gasteiger partial charge in [0.25, 0.3) is 0 Å². The summed E-state index contributed by atoms with van der Waals surface area (Å²) >= 11 is 0. The van der Waals surface area contributed by atoms with E-state index in [0.29, 0.717) is 13.0 Å². The van der Waals surface area contributed by atoms with Gasteiger partial charge in [-0.05, 0) is 44.3 Å². The number of aliphatic hydroxyl groups excluding tert-OH is 1. The Labute approximate surface area is 161 Å². The maximum atomic E-state index is 11.2. The lowest BCUT2D eigenvalue weighted by atomic mass is 9.99. The van der Waals surface area contributed by atoms with Crippen LogP contribution < -0.4 is 0 Å². The molecule has 5 heteroatoms. The fourth-order valence-corrected chi connectivity index (χ4v) is 3.66. The average molecular weight is 383 g/mol. The zero-order valence-corrected chi connectivity index (χ0v) is 18.8. The Kier molecular flexibility index (Phi) is 11.0. The van der Waals surface area contributed by atoms with E-state index in [2.05, 4.69) is 46.9 Å². The van der Waals surface area contributed by atoms with E-state index in [4.69, 9.17) is 9.16 Å². The molecule has 0 amide bonds. The predicted molar refractivity (Wildman–Crippen MR) is 112 cm³/mol. The molecular formula is C21H38O4Si.